The monoisotopic (exact) mass is 246 g/mol. The smallest absolute Gasteiger partial charge is 0.296 e. The van der Waals surface area contributed by atoms with E-state index in [-0.39, 0.29) is 11.6 Å². The summed E-state index contributed by atoms with van der Waals surface area (Å²) in [6, 6.07) is 1.65. The molecule has 0 aliphatic carbocycles. The van der Waals surface area contributed by atoms with Gasteiger partial charge in [-0.05, 0) is 6.07 Å². The van der Waals surface area contributed by atoms with E-state index in [0.29, 0.717) is 5.69 Å². The first-order chi connectivity index (χ1) is 7.35. The van der Waals surface area contributed by atoms with Crippen molar-refractivity contribution in [2.75, 3.05) is 30.8 Å². The van der Waals surface area contributed by atoms with Crippen molar-refractivity contribution < 1.29 is 13.2 Å². The lowest BCUT2D eigenvalue weighted by molar-refractivity contribution is 0.400. The second-order valence-corrected chi connectivity index (χ2v) is 4.55. The summed E-state index contributed by atoms with van der Waals surface area (Å²) >= 11 is 0. The lowest BCUT2D eigenvalue weighted by Crippen LogP contribution is -2.24. The van der Waals surface area contributed by atoms with Gasteiger partial charge >= 0.3 is 0 Å². The number of aromatic nitrogens is 1. The molecule has 0 bridgehead atoms. The molecule has 1 heterocycles. The van der Waals surface area contributed by atoms with Gasteiger partial charge in [-0.25, -0.2) is 10.1 Å². The Morgan fingerprint density at radius 1 is 1.50 bits per heavy atom. The highest BCUT2D eigenvalue weighted by Crippen LogP contribution is 2.32. The maximum absolute atomic E-state index is 11.0. The van der Waals surface area contributed by atoms with E-state index >= 15 is 0 Å². The van der Waals surface area contributed by atoms with E-state index < -0.39 is 10.2 Å². The molecule has 1 aromatic rings. The van der Waals surface area contributed by atoms with Gasteiger partial charge in [-0.2, -0.15) is 8.42 Å². The minimum atomic E-state index is -3.86. The number of hydrogen-bond acceptors (Lipinski definition) is 5. The van der Waals surface area contributed by atoms with E-state index in [2.05, 4.69) is 9.71 Å². The molecule has 0 aromatic carbocycles. The number of nitrogens with zero attached hydrogens (tertiary/aromatic N) is 2. The highest BCUT2D eigenvalue weighted by molar-refractivity contribution is 7.90. The van der Waals surface area contributed by atoms with Gasteiger partial charge in [-0.1, -0.05) is 0 Å². The molecule has 0 aliphatic heterocycles. The summed E-state index contributed by atoms with van der Waals surface area (Å²) in [5, 5.41) is 4.92. The Kier molecular flexibility index (Phi) is 3.55. The van der Waals surface area contributed by atoms with Gasteiger partial charge in [0.05, 0.1) is 12.8 Å². The summed E-state index contributed by atoms with van der Waals surface area (Å²) in [6.07, 6.45) is 1.52. The van der Waals surface area contributed by atoms with E-state index in [1.807, 2.05) is 0 Å². The highest BCUT2D eigenvalue weighted by Gasteiger charge is 2.15. The highest BCUT2D eigenvalue weighted by atomic mass is 32.2. The van der Waals surface area contributed by atoms with Crippen molar-refractivity contribution in [3.05, 3.63) is 12.3 Å². The first-order valence-corrected chi connectivity index (χ1v) is 5.90. The van der Waals surface area contributed by atoms with Gasteiger partial charge in [0.2, 0.25) is 5.88 Å². The van der Waals surface area contributed by atoms with Crippen molar-refractivity contribution in [3.63, 3.8) is 0 Å². The van der Waals surface area contributed by atoms with Crippen LogP contribution in [0.5, 0.6) is 5.88 Å². The van der Waals surface area contributed by atoms with E-state index in [1.165, 1.54) is 13.3 Å². The van der Waals surface area contributed by atoms with Crippen LogP contribution in [0, 0.1) is 0 Å². The lowest BCUT2D eigenvalue weighted by atomic mass is 10.3. The summed E-state index contributed by atoms with van der Waals surface area (Å²) in [5.41, 5.74) is 0.832. The SMILES string of the molecule is COc1nccc(N(C)C)c1NS(N)(=O)=O. The number of hydrogen-bond donors (Lipinski definition) is 2. The topological polar surface area (TPSA) is 97.5 Å². The largest absolute Gasteiger partial charge is 0.479 e. The minimum Gasteiger partial charge on any atom is -0.479 e. The van der Waals surface area contributed by atoms with Gasteiger partial charge in [-0.3, -0.25) is 4.72 Å². The first-order valence-electron chi connectivity index (χ1n) is 4.36. The molecule has 1 aromatic heterocycles. The lowest BCUT2D eigenvalue weighted by Gasteiger charge is -2.18. The van der Waals surface area contributed by atoms with Crippen LogP contribution in [-0.4, -0.2) is 34.6 Å². The Bertz CT molecular complexity index is 472. The Balaban J connectivity index is 3.30. The molecule has 0 radical (unpaired) electrons. The van der Waals surface area contributed by atoms with Crippen LogP contribution in [0.15, 0.2) is 12.3 Å². The van der Waals surface area contributed by atoms with Crippen LogP contribution in [0.25, 0.3) is 0 Å². The van der Waals surface area contributed by atoms with Gasteiger partial charge in [0.1, 0.15) is 5.69 Å². The molecule has 0 fully saturated rings. The van der Waals surface area contributed by atoms with Crippen molar-refractivity contribution in [1.29, 1.82) is 0 Å². The fraction of sp³-hybridized carbons (Fsp3) is 0.375. The minimum absolute atomic E-state index is 0.167. The van der Waals surface area contributed by atoms with Crippen LogP contribution in [0.3, 0.4) is 0 Å². The molecule has 0 atom stereocenters. The Labute approximate surface area is 94.4 Å². The summed E-state index contributed by atoms with van der Waals surface area (Å²) in [4.78, 5) is 5.61. The van der Waals surface area contributed by atoms with Crippen LogP contribution in [-0.2, 0) is 10.2 Å². The number of anilines is 2. The average Bonchev–Trinajstić information content (AvgIpc) is 2.15. The second-order valence-electron chi connectivity index (χ2n) is 3.26. The zero-order valence-electron chi connectivity index (χ0n) is 9.26. The molecule has 3 N–H and O–H groups in total. The maximum atomic E-state index is 11.0. The quantitative estimate of drug-likeness (QED) is 0.765. The second kappa shape index (κ2) is 4.54. The summed E-state index contributed by atoms with van der Waals surface area (Å²) < 4.78 is 29.2. The molecule has 0 unspecified atom stereocenters. The van der Waals surface area contributed by atoms with Crippen molar-refractivity contribution in [2.24, 2.45) is 5.14 Å². The van der Waals surface area contributed by atoms with E-state index in [4.69, 9.17) is 9.88 Å². The van der Waals surface area contributed by atoms with E-state index in [0.717, 1.165) is 0 Å². The molecule has 16 heavy (non-hydrogen) atoms. The number of methoxy groups -OCH3 is 1. The molecular formula is C8H14N4O3S. The first kappa shape index (κ1) is 12.5. The summed E-state index contributed by atoms with van der Waals surface area (Å²) in [5.74, 6) is 0.167. The molecule has 0 amide bonds. The number of rotatable bonds is 4. The molecule has 90 valence electrons. The van der Waals surface area contributed by atoms with Gasteiger partial charge in [0.25, 0.3) is 10.2 Å². The van der Waals surface area contributed by atoms with Crippen molar-refractivity contribution in [2.45, 2.75) is 0 Å². The Morgan fingerprint density at radius 3 is 2.56 bits per heavy atom. The molecule has 0 saturated heterocycles. The van der Waals surface area contributed by atoms with Gasteiger partial charge in [0.15, 0.2) is 0 Å². The Morgan fingerprint density at radius 2 is 2.12 bits per heavy atom. The maximum Gasteiger partial charge on any atom is 0.296 e. The van der Waals surface area contributed by atoms with Crippen molar-refractivity contribution in [3.8, 4) is 5.88 Å². The van der Waals surface area contributed by atoms with Gasteiger partial charge < -0.3 is 9.64 Å². The number of nitrogens with one attached hydrogen (secondary N) is 1. The molecular weight excluding hydrogens is 232 g/mol. The third-order valence-electron chi connectivity index (χ3n) is 1.81. The molecule has 7 nitrogen and oxygen atoms in total. The van der Waals surface area contributed by atoms with Crippen LogP contribution in [0.4, 0.5) is 11.4 Å². The van der Waals surface area contributed by atoms with Gasteiger partial charge in [0, 0.05) is 20.3 Å². The number of ether oxygens (including phenoxy) is 1. The van der Waals surface area contributed by atoms with Crippen LogP contribution in [0.2, 0.25) is 0 Å². The van der Waals surface area contributed by atoms with E-state index in [9.17, 15) is 8.42 Å². The molecule has 0 aliphatic rings. The average molecular weight is 246 g/mol. The summed E-state index contributed by atoms with van der Waals surface area (Å²) in [6.45, 7) is 0. The predicted molar refractivity (Wildman–Crippen MR) is 61.8 cm³/mol. The molecule has 0 spiro atoms. The predicted octanol–water partition coefficient (Wildman–Crippen LogP) is -0.228. The zero-order chi connectivity index (χ0) is 12.3. The van der Waals surface area contributed by atoms with Crippen molar-refractivity contribution >= 4 is 21.6 Å². The van der Waals surface area contributed by atoms with Gasteiger partial charge in [-0.15, -0.1) is 0 Å². The normalized spacial score (nSPS) is 11.0. The van der Waals surface area contributed by atoms with E-state index in [1.54, 1.807) is 25.1 Å². The number of pyridine rings is 1. The van der Waals surface area contributed by atoms with Crippen LogP contribution in [0.1, 0.15) is 0 Å². The fourth-order valence-corrected chi connectivity index (χ4v) is 1.68. The molecule has 0 saturated carbocycles. The van der Waals surface area contributed by atoms with Crippen LogP contribution < -0.4 is 19.5 Å². The summed E-state index contributed by atoms with van der Waals surface area (Å²) in [7, 11) is 1.07. The third kappa shape index (κ3) is 2.97. The molecule has 1 rings (SSSR count). The third-order valence-corrected chi connectivity index (χ3v) is 2.30. The molecule has 8 heteroatoms. The van der Waals surface area contributed by atoms with Crippen LogP contribution >= 0.6 is 0 Å². The standard InChI is InChI=1S/C8H14N4O3S/c1-12(2)6-4-5-10-8(15-3)7(6)11-16(9,13)14/h4-5,11H,1-3H3,(H2,9,13,14). The zero-order valence-corrected chi connectivity index (χ0v) is 10.1. The van der Waals surface area contributed by atoms with Crippen molar-refractivity contribution in [1.82, 2.24) is 4.98 Å². The Hall–Kier alpha value is -1.54. The number of nitrogens with two attached hydrogens (primary N) is 1. The fourth-order valence-electron chi connectivity index (χ4n) is 1.20.